The van der Waals surface area contributed by atoms with Gasteiger partial charge in [0.05, 0.1) is 5.69 Å². The van der Waals surface area contributed by atoms with Crippen LogP contribution in [0.4, 0.5) is 5.69 Å². The van der Waals surface area contributed by atoms with Crippen LogP contribution in [0.2, 0.25) is 0 Å². The van der Waals surface area contributed by atoms with Crippen LogP contribution in [0.15, 0.2) is 35.5 Å². The lowest BCUT2D eigenvalue weighted by molar-refractivity contribution is 0.581. The third-order valence-electron chi connectivity index (χ3n) is 2.85. The Balaban J connectivity index is 2.15. The maximum Gasteiger partial charge on any atom is 0.244 e. The second-order valence-electron chi connectivity index (χ2n) is 4.17. The van der Waals surface area contributed by atoms with Crippen LogP contribution in [0, 0.1) is 0 Å². The summed E-state index contributed by atoms with van der Waals surface area (Å²) in [6.07, 6.45) is 3.86. The first-order valence-corrected chi connectivity index (χ1v) is 8.56. The molecule has 5 nitrogen and oxygen atoms in total. The molecule has 0 bridgehead atoms. The van der Waals surface area contributed by atoms with E-state index < -0.39 is 10.0 Å². The number of nitrogens with zero attached hydrogens (tertiary/aromatic N) is 1. The normalized spacial score (nSPS) is 11.5. The minimum atomic E-state index is -3.57. The van der Waals surface area contributed by atoms with Crippen LogP contribution in [0.5, 0.6) is 0 Å². The molecule has 0 aromatic carbocycles. The fraction of sp³-hybridized carbons (Fsp3) is 0.308. The van der Waals surface area contributed by atoms with Crippen molar-refractivity contribution in [2.75, 3.05) is 12.4 Å². The molecule has 0 unspecified atom stereocenters. The van der Waals surface area contributed by atoms with E-state index in [1.165, 1.54) is 11.1 Å². The molecule has 2 aromatic heterocycles. The van der Waals surface area contributed by atoms with Crippen molar-refractivity contribution in [2.45, 2.75) is 24.8 Å². The lowest BCUT2D eigenvalue weighted by Gasteiger charge is -2.09. The highest BCUT2D eigenvalue weighted by molar-refractivity contribution is 7.89. The van der Waals surface area contributed by atoms with Crippen LogP contribution in [-0.2, 0) is 23.0 Å². The molecular weight excluding hydrogens is 294 g/mol. The average molecular weight is 311 g/mol. The van der Waals surface area contributed by atoms with Gasteiger partial charge in [-0.05, 0) is 24.6 Å². The number of rotatable bonds is 6. The molecule has 2 heterocycles. The summed E-state index contributed by atoms with van der Waals surface area (Å²) >= 11 is 1.62. The first kappa shape index (κ1) is 15.0. The van der Waals surface area contributed by atoms with E-state index in [2.05, 4.69) is 21.9 Å². The summed E-state index contributed by atoms with van der Waals surface area (Å²) in [5.41, 5.74) is 0.535. The summed E-state index contributed by atoms with van der Waals surface area (Å²) in [5, 5.41) is 2.86. The quantitative estimate of drug-likeness (QED) is 0.858. The molecule has 0 saturated carbocycles. The van der Waals surface area contributed by atoms with E-state index in [1.54, 1.807) is 30.6 Å². The molecule has 20 heavy (non-hydrogen) atoms. The number of nitrogens with one attached hydrogen (secondary N) is 2. The fourth-order valence-electron chi connectivity index (χ4n) is 1.75. The van der Waals surface area contributed by atoms with Crippen LogP contribution >= 0.6 is 11.3 Å². The second-order valence-corrected chi connectivity index (χ2v) is 7.16. The Labute approximate surface area is 123 Å². The van der Waals surface area contributed by atoms with Crippen molar-refractivity contribution in [2.24, 2.45) is 0 Å². The molecule has 0 aliphatic carbocycles. The molecule has 0 radical (unpaired) electrons. The fourth-order valence-corrected chi connectivity index (χ4v) is 3.90. The minimum Gasteiger partial charge on any atom is -0.387 e. The Morgan fingerprint density at radius 2 is 2.00 bits per heavy atom. The van der Waals surface area contributed by atoms with Gasteiger partial charge in [0.2, 0.25) is 10.0 Å². The monoisotopic (exact) mass is 311 g/mol. The largest absolute Gasteiger partial charge is 0.387 e. The maximum atomic E-state index is 12.3. The topological polar surface area (TPSA) is 71.1 Å². The lowest BCUT2D eigenvalue weighted by atomic mass is 10.4. The standard InChI is InChI=1S/C13H17N3O2S2/c1-3-10-4-5-11(19-10)8-16-20(17,18)13-9-15-7-6-12(13)14-2/h4-7,9,16H,3,8H2,1-2H3,(H,14,15). The molecule has 0 aliphatic rings. The van der Waals surface area contributed by atoms with E-state index in [-0.39, 0.29) is 4.90 Å². The van der Waals surface area contributed by atoms with Crippen molar-refractivity contribution in [3.8, 4) is 0 Å². The van der Waals surface area contributed by atoms with Crippen LogP contribution in [0.3, 0.4) is 0 Å². The molecule has 108 valence electrons. The van der Waals surface area contributed by atoms with Crippen LogP contribution < -0.4 is 10.0 Å². The van der Waals surface area contributed by atoms with Gasteiger partial charge < -0.3 is 5.32 Å². The molecule has 0 saturated heterocycles. The van der Waals surface area contributed by atoms with Gasteiger partial charge in [-0.3, -0.25) is 4.98 Å². The van der Waals surface area contributed by atoms with Gasteiger partial charge in [-0.25, -0.2) is 13.1 Å². The molecular formula is C13H17N3O2S2. The van der Waals surface area contributed by atoms with Crippen LogP contribution in [-0.4, -0.2) is 20.4 Å². The zero-order valence-electron chi connectivity index (χ0n) is 11.4. The van der Waals surface area contributed by atoms with Crippen LogP contribution in [0.25, 0.3) is 0 Å². The maximum absolute atomic E-state index is 12.3. The third-order valence-corrected chi connectivity index (χ3v) is 5.50. The highest BCUT2D eigenvalue weighted by Gasteiger charge is 2.18. The van der Waals surface area contributed by atoms with Gasteiger partial charge in [-0.2, -0.15) is 0 Å². The Morgan fingerprint density at radius 1 is 1.25 bits per heavy atom. The van der Waals surface area contributed by atoms with Crippen molar-refractivity contribution >= 4 is 27.0 Å². The zero-order valence-corrected chi connectivity index (χ0v) is 13.0. The van der Waals surface area contributed by atoms with Gasteiger partial charge in [-0.15, -0.1) is 11.3 Å². The van der Waals surface area contributed by atoms with Crippen molar-refractivity contribution in [1.29, 1.82) is 0 Å². The van der Waals surface area contributed by atoms with Gasteiger partial charge >= 0.3 is 0 Å². The van der Waals surface area contributed by atoms with E-state index in [0.29, 0.717) is 12.2 Å². The Bertz CT molecular complexity index is 680. The predicted molar refractivity (Wildman–Crippen MR) is 81.5 cm³/mol. The van der Waals surface area contributed by atoms with E-state index in [9.17, 15) is 8.42 Å². The van der Waals surface area contributed by atoms with Crippen molar-refractivity contribution < 1.29 is 8.42 Å². The van der Waals surface area contributed by atoms with Crippen molar-refractivity contribution in [3.63, 3.8) is 0 Å². The van der Waals surface area contributed by atoms with E-state index >= 15 is 0 Å². The summed E-state index contributed by atoms with van der Waals surface area (Å²) < 4.78 is 27.2. The summed E-state index contributed by atoms with van der Waals surface area (Å²) in [6.45, 7) is 2.37. The highest BCUT2D eigenvalue weighted by atomic mass is 32.2. The number of hydrogen-bond acceptors (Lipinski definition) is 5. The molecule has 0 fully saturated rings. The number of thiophene rings is 1. The molecule has 0 amide bonds. The summed E-state index contributed by atoms with van der Waals surface area (Å²) in [4.78, 5) is 6.28. The van der Waals surface area contributed by atoms with Gasteiger partial charge in [0.15, 0.2) is 0 Å². The van der Waals surface area contributed by atoms with E-state index in [1.807, 2.05) is 12.1 Å². The Hall–Kier alpha value is -1.44. The van der Waals surface area contributed by atoms with Gasteiger partial charge in [0.25, 0.3) is 0 Å². The molecule has 2 N–H and O–H groups in total. The average Bonchev–Trinajstić information content (AvgIpc) is 2.93. The van der Waals surface area contributed by atoms with Gasteiger partial charge in [-0.1, -0.05) is 6.92 Å². The molecule has 7 heteroatoms. The molecule has 0 atom stereocenters. The first-order valence-electron chi connectivity index (χ1n) is 6.26. The second kappa shape index (κ2) is 6.34. The van der Waals surface area contributed by atoms with Crippen molar-refractivity contribution in [1.82, 2.24) is 9.71 Å². The molecule has 0 aliphatic heterocycles. The summed E-state index contributed by atoms with van der Waals surface area (Å²) in [6, 6.07) is 5.61. The number of aromatic nitrogens is 1. The number of aryl methyl sites for hydroxylation is 1. The van der Waals surface area contributed by atoms with E-state index in [4.69, 9.17) is 0 Å². The van der Waals surface area contributed by atoms with Gasteiger partial charge in [0.1, 0.15) is 4.90 Å². The van der Waals surface area contributed by atoms with Crippen LogP contribution in [0.1, 0.15) is 16.7 Å². The molecule has 0 spiro atoms. The van der Waals surface area contributed by atoms with Crippen molar-refractivity contribution in [3.05, 3.63) is 40.3 Å². The lowest BCUT2D eigenvalue weighted by Crippen LogP contribution is -2.23. The number of hydrogen-bond donors (Lipinski definition) is 2. The van der Waals surface area contributed by atoms with E-state index in [0.717, 1.165) is 11.3 Å². The Morgan fingerprint density at radius 3 is 2.65 bits per heavy atom. The summed E-state index contributed by atoms with van der Waals surface area (Å²) in [7, 11) is -1.89. The number of anilines is 1. The molecule has 2 aromatic rings. The number of sulfonamides is 1. The first-order chi connectivity index (χ1) is 9.56. The number of pyridine rings is 1. The van der Waals surface area contributed by atoms with Gasteiger partial charge in [0, 0.05) is 35.7 Å². The Kier molecular flexibility index (Phi) is 4.74. The highest BCUT2D eigenvalue weighted by Crippen LogP contribution is 2.20. The molecule has 2 rings (SSSR count). The SMILES string of the molecule is CCc1ccc(CNS(=O)(=O)c2cnccc2NC)s1. The zero-order chi connectivity index (χ0) is 14.6. The third kappa shape index (κ3) is 3.36. The predicted octanol–water partition coefficient (Wildman–Crippen LogP) is 2.23. The minimum absolute atomic E-state index is 0.162. The summed E-state index contributed by atoms with van der Waals surface area (Å²) in [5.74, 6) is 0. The smallest absolute Gasteiger partial charge is 0.244 e.